The predicted octanol–water partition coefficient (Wildman–Crippen LogP) is 2.31. The number of hydrogen-bond acceptors (Lipinski definition) is 3. The molecule has 1 fully saturated rings. The topological polar surface area (TPSA) is 49.4 Å². The molecule has 7 heteroatoms. The Morgan fingerprint density at radius 2 is 2.00 bits per heavy atom. The first kappa shape index (κ1) is 19.4. The third-order valence-corrected chi connectivity index (χ3v) is 5.82. The molecule has 0 saturated carbocycles. The first-order valence-electron chi connectivity index (χ1n) is 7.43. The van der Waals surface area contributed by atoms with Gasteiger partial charge in [-0.25, -0.2) is 8.42 Å². The second-order valence-electron chi connectivity index (χ2n) is 5.28. The van der Waals surface area contributed by atoms with Crippen molar-refractivity contribution >= 4 is 22.4 Å². The maximum atomic E-state index is 12.4. The van der Waals surface area contributed by atoms with Gasteiger partial charge in [0.15, 0.2) is 0 Å². The average molecular weight is 351 g/mol. The standard InChI is InChI=1S/C15H23FN2O2S.ClH/c1-2-13-4-6-14(7-5-13)15-12-17-9-10-18(15)21(19,20)11-3-8-16;/h4-7,15,17H,2-3,8-12H2,1H3;1H. The fourth-order valence-corrected chi connectivity index (χ4v) is 4.29. The van der Waals surface area contributed by atoms with Crippen molar-refractivity contribution in [3.63, 3.8) is 0 Å². The second-order valence-corrected chi connectivity index (χ2v) is 7.33. The average Bonchev–Trinajstić information content (AvgIpc) is 2.53. The van der Waals surface area contributed by atoms with Gasteiger partial charge in [0.1, 0.15) is 0 Å². The highest BCUT2D eigenvalue weighted by Crippen LogP contribution is 2.26. The maximum Gasteiger partial charge on any atom is 0.214 e. The first-order chi connectivity index (χ1) is 10.1. The van der Waals surface area contributed by atoms with Gasteiger partial charge in [-0.3, -0.25) is 4.39 Å². The Hall–Kier alpha value is -0.690. The molecule has 1 aliphatic heterocycles. The third kappa shape index (κ3) is 4.65. The molecule has 4 nitrogen and oxygen atoms in total. The second kappa shape index (κ2) is 8.82. The summed E-state index contributed by atoms with van der Waals surface area (Å²) in [5.74, 6) is -0.118. The molecule has 0 aliphatic carbocycles. The number of alkyl halides is 1. The predicted molar refractivity (Wildman–Crippen MR) is 89.8 cm³/mol. The van der Waals surface area contributed by atoms with Crippen LogP contribution in [0.4, 0.5) is 4.39 Å². The van der Waals surface area contributed by atoms with E-state index in [2.05, 4.69) is 12.2 Å². The van der Waals surface area contributed by atoms with Crippen molar-refractivity contribution < 1.29 is 12.8 Å². The van der Waals surface area contributed by atoms with Gasteiger partial charge in [0, 0.05) is 19.6 Å². The summed E-state index contributed by atoms with van der Waals surface area (Å²) in [6.45, 7) is 3.17. The van der Waals surface area contributed by atoms with E-state index in [1.165, 1.54) is 9.87 Å². The minimum absolute atomic E-state index is 0. The Balaban J connectivity index is 0.00000242. The Labute approximate surface area is 138 Å². The highest BCUT2D eigenvalue weighted by molar-refractivity contribution is 7.89. The van der Waals surface area contributed by atoms with E-state index in [9.17, 15) is 12.8 Å². The molecule has 1 aromatic carbocycles. The minimum atomic E-state index is -3.41. The Morgan fingerprint density at radius 3 is 2.59 bits per heavy atom. The summed E-state index contributed by atoms with van der Waals surface area (Å²) in [6.07, 6.45) is 1.02. The zero-order valence-electron chi connectivity index (χ0n) is 12.8. The number of halogens is 2. The summed E-state index contributed by atoms with van der Waals surface area (Å²) in [6, 6.07) is 7.86. The lowest BCUT2D eigenvalue weighted by molar-refractivity contribution is 0.271. The molecule has 0 aromatic heterocycles. The molecule has 1 heterocycles. The molecule has 1 saturated heterocycles. The summed E-state index contributed by atoms with van der Waals surface area (Å²) >= 11 is 0. The molecule has 1 unspecified atom stereocenters. The van der Waals surface area contributed by atoms with Gasteiger partial charge in [0.25, 0.3) is 0 Å². The van der Waals surface area contributed by atoms with Crippen molar-refractivity contribution in [3.05, 3.63) is 35.4 Å². The van der Waals surface area contributed by atoms with Crippen LogP contribution in [0.5, 0.6) is 0 Å². The SMILES string of the molecule is CCc1ccc(C2CNCCN2S(=O)(=O)CCCF)cc1.Cl. The smallest absolute Gasteiger partial charge is 0.214 e. The summed E-state index contributed by atoms with van der Waals surface area (Å²) in [7, 11) is -3.41. The van der Waals surface area contributed by atoms with Gasteiger partial charge in [-0.05, 0) is 24.0 Å². The van der Waals surface area contributed by atoms with Gasteiger partial charge in [-0.15, -0.1) is 12.4 Å². The van der Waals surface area contributed by atoms with E-state index in [-0.39, 0.29) is 30.6 Å². The van der Waals surface area contributed by atoms with E-state index in [1.54, 1.807) is 0 Å². The highest BCUT2D eigenvalue weighted by Gasteiger charge is 2.32. The Kier molecular flexibility index (Phi) is 7.76. The van der Waals surface area contributed by atoms with Crippen LogP contribution in [-0.2, 0) is 16.4 Å². The van der Waals surface area contributed by atoms with Crippen LogP contribution in [0, 0.1) is 0 Å². The molecular formula is C15H24ClFN2O2S. The van der Waals surface area contributed by atoms with Crippen LogP contribution in [0.2, 0.25) is 0 Å². The summed E-state index contributed by atoms with van der Waals surface area (Å²) < 4.78 is 38.6. The van der Waals surface area contributed by atoms with Crippen molar-refractivity contribution in [1.29, 1.82) is 0 Å². The van der Waals surface area contributed by atoms with E-state index in [0.29, 0.717) is 19.6 Å². The van der Waals surface area contributed by atoms with Gasteiger partial charge >= 0.3 is 0 Å². The summed E-state index contributed by atoms with van der Waals surface area (Å²) in [5.41, 5.74) is 2.22. The number of hydrogen-bond donors (Lipinski definition) is 1. The molecule has 2 rings (SSSR count). The molecule has 1 aromatic rings. The normalized spacial score (nSPS) is 19.6. The first-order valence-corrected chi connectivity index (χ1v) is 9.04. The third-order valence-electron chi connectivity index (χ3n) is 3.86. The zero-order chi connectivity index (χ0) is 15.3. The van der Waals surface area contributed by atoms with Gasteiger partial charge in [-0.2, -0.15) is 4.31 Å². The molecule has 1 aliphatic rings. The molecule has 126 valence electrons. The van der Waals surface area contributed by atoms with Crippen LogP contribution >= 0.6 is 12.4 Å². The molecule has 1 N–H and O–H groups in total. The van der Waals surface area contributed by atoms with Crippen LogP contribution in [0.1, 0.15) is 30.5 Å². The number of rotatable bonds is 6. The monoisotopic (exact) mass is 350 g/mol. The number of piperazine rings is 1. The number of sulfonamides is 1. The quantitative estimate of drug-likeness (QED) is 0.856. The fourth-order valence-electron chi connectivity index (χ4n) is 2.63. The largest absolute Gasteiger partial charge is 0.313 e. The lowest BCUT2D eigenvalue weighted by Crippen LogP contribution is -2.49. The number of benzene rings is 1. The Bertz CT molecular complexity index is 551. The molecule has 0 radical (unpaired) electrons. The van der Waals surface area contributed by atoms with E-state index >= 15 is 0 Å². The van der Waals surface area contributed by atoms with Gasteiger partial charge in [0.05, 0.1) is 18.5 Å². The van der Waals surface area contributed by atoms with Gasteiger partial charge in [0.2, 0.25) is 10.0 Å². The fraction of sp³-hybridized carbons (Fsp3) is 0.600. The van der Waals surface area contributed by atoms with Crippen molar-refractivity contribution in [2.45, 2.75) is 25.8 Å². The van der Waals surface area contributed by atoms with Crippen molar-refractivity contribution in [3.8, 4) is 0 Å². The summed E-state index contributed by atoms with van der Waals surface area (Å²) in [5, 5.41) is 3.24. The van der Waals surface area contributed by atoms with Crippen molar-refractivity contribution in [2.24, 2.45) is 0 Å². The van der Waals surface area contributed by atoms with Crippen LogP contribution in [0.3, 0.4) is 0 Å². The van der Waals surface area contributed by atoms with E-state index in [1.807, 2.05) is 24.3 Å². The number of nitrogens with zero attached hydrogens (tertiary/aromatic N) is 1. The van der Waals surface area contributed by atoms with Crippen molar-refractivity contribution in [2.75, 3.05) is 32.1 Å². The number of aryl methyl sites for hydroxylation is 1. The molecule has 22 heavy (non-hydrogen) atoms. The lowest BCUT2D eigenvalue weighted by atomic mass is 10.0. The van der Waals surface area contributed by atoms with E-state index in [4.69, 9.17) is 0 Å². The molecular weight excluding hydrogens is 327 g/mol. The van der Waals surface area contributed by atoms with Crippen LogP contribution in [0.25, 0.3) is 0 Å². The van der Waals surface area contributed by atoms with Crippen molar-refractivity contribution in [1.82, 2.24) is 9.62 Å². The van der Waals surface area contributed by atoms with Crippen LogP contribution < -0.4 is 5.32 Å². The molecule has 0 bridgehead atoms. The van der Waals surface area contributed by atoms with E-state index in [0.717, 1.165) is 12.0 Å². The lowest BCUT2D eigenvalue weighted by Gasteiger charge is -2.35. The van der Waals surface area contributed by atoms with Gasteiger partial charge in [-0.1, -0.05) is 31.2 Å². The number of nitrogens with one attached hydrogen (secondary N) is 1. The molecule has 0 spiro atoms. The Morgan fingerprint density at radius 1 is 1.32 bits per heavy atom. The molecule has 0 amide bonds. The highest BCUT2D eigenvalue weighted by atomic mass is 35.5. The van der Waals surface area contributed by atoms with Crippen LogP contribution in [0.15, 0.2) is 24.3 Å². The maximum absolute atomic E-state index is 12.4. The molecule has 1 atom stereocenters. The minimum Gasteiger partial charge on any atom is -0.313 e. The van der Waals surface area contributed by atoms with Gasteiger partial charge < -0.3 is 5.32 Å². The van der Waals surface area contributed by atoms with E-state index < -0.39 is 16.7 Å². The zero-order valence-corrected chi connectivity index (χ0v) is 14.4. The van der Waals surface area contributed by atoms with Crippen LogP contribution in [-0.4, -0.2) is 44.8 Å². The summed E-state index contributed by atoms with van der Waals surface area (Å²) in [4.78, 5) is 0.